The van der Waals surface area contributed by atoms with Crippen LogP contribution in [0.1, 0.15) is 22.7 Å². The standard InChI is InChI=1S/C11H15NO4S/c1-8-3-4-10(16-8)11(13)12(2)9-5-6-17(14,15)7-9/h3-4,9H,5-7H2,1-2H3/t9-/m1/s1. The quantitative estimate of drug-likeness (QED) is 0.787. The highest BCUT2D eigenvalue weighted by Gasteiger charge is 2.33. The summed E-state index contributed by atoms with van der Waals surface area (Å²) in [6.07, 6.45) is 0.504. The number of hydrogen-bond donors (Lipinski definition) is 0. The number of carbonyl (C=O) groups is 1. The molecule has 6 heteroatoms. The average molecular weight is 257 g/mol. The summed E-state index contributed by atoms with van der Waals surface area (Å²) in [6, 6.07) is 3.09. The number of amides is 1. The van der Waals surface area contributed by atoms with Crippen LogP contribution in [0.5, 0.6) is 0 Å². The van der Waals surface area contributed by atoms with Crippen LogP contribution in [-0.4, -0.2) is 43.8 Å². The van der Waals surface area contributed by atoms with Gasteiger partial charge < -0.3 is 9.32 Å². The van der Waals surface area contributed by atoms with Gasteiger partial charge in [0.15, 0.2) is 15.6 Å². The molecule has 0 N–H and O–H groups in total. The second-order valence-electron chi connectivity index (χ2n) is 4.38. The lowest BCUT2D eigenvalue weighted by Crippen LogP contribution is -2.37. The van der Waals surface area contributed by atoms with Crippen LogP contribution in [0.4, 0.5) is 0 Å². The minimum Gasteiger partial charge on any atom is -0.456 e. The minimum absolute atomic E-state index is 0.0505. The first-order valence-electron chi connectivity index (χ1n) is 5.43. The molecule has 0 bridgehead atoms. The summed E-state index contributed by atoms with van der Waals surface area (Å²) in [5, 5.41) is 0. The van der Waals surface area contributed by atoms with Crippen molar-refractivity contribution in [3.63, 3.8) is 0 Å². The Bertz CT molecular complexity index is 531. The van der Waals surface area contributed by atoms with Gasteiger partial charge in [0.2, 0.25) is 0 Å². The molecule has 1 amide bonds. The van der Waals surface area contributed by atoms with Gasteiger partial charge in [0.25, 0.3) is 5.91 Å². The van der Waals surface area contributed by atoms with Gasteiger partial charge in [0.05, 0.1) is 11.5 Å². The van der Waals surface area contributed by atoms with E-state index in [0.29, 0.717) is 12.2 Å². The van der Waals surface area contributed by atoms with E-state index in [-0.39, 0.29) is 29.2 Å². The molecular weight excluding hydrogens is 242 g/mol. The molecule has 5 nitrogen and oxygen atoms in total. The van der Waals surface area contributed by atoms with E-state index in [0.717, 1.165) is 0 Å². The lowest BCUT2D eigenvalue weighted by atomic mass is 10.2. The molecule has 1 aliphatic heterocycles. The van der Waals surface area contributed by atoms with E-state index >= 15 is 0 Å². The molecule has 17 heavy (non-hydrogen) atoms. The lowest BCUT2D eigenvalue weighted by Gasteiger charge is -2.22. The smallest absolute Gasteiger partial charge is 0.289 e. The van der Waals surface area contributed by atoms with Gasteiger partial charge in [0.1, 0.15) is 5.76 Å². The third kappa shape index (κ3) is 2.52. The van der Waals surface area contributed by atoms with Crippen molar-refractivity contribution in [3.8, 4) is 0 Å². The average Bonchev–Trinajstić information content (AvgIpc) is 2.82. The number of aryl methyl sites for hydroxylation is 1. The first kappa shape index (κ1) is 12.2. The van der Waals surface area contributed by atoms with E-state index < -0.39 is 9.84 Å². The summed E-state index contributed by atoms with van der Waals surface area (Å²) in [7, 11) is -1.36. The molecule has 94 valence electrons. The van der Waals surface area contributed by atoms with Gasteiger partial charge in [-0.3, -0.25) is 4.79 Å². The zero-order valence-electron chi connectivity index (χ0n) is 9.84. The van der Waals surface area contributed by atoms with E-state index in [1.54, 1.807) is 26.1 Å². The Kier molecular flexibility index (Phi) is 2.99. The highest BCUT2D eigenvalue weighted by Crippen LogP contribution is 2.19. The van der Waals surface area contributed by atoms with Gasteiger partial charge in [-0.05, 0) is 25.5 Å². The molecule has 0 aliphatic carbocycles. The van der Waals surface area contributed by atoms with Crippen molar-refractivity contribution in [2.24, 2.45) is 0 Å². The van der Waals surface area contributed by atoms with Crippen molar-refractivity contribution in [1.29, 1.82) is 0 Å². The Balaban J connectivity index is 2.11. The molecule has 1 atom stereocenters. The molecule has 2 rings (SSSR count). The van der Waals surface area contributed by atoms with Crippen LogP contribution in [0.3, 0.4) is 0 Å². The van der Waals surface area contributed by atoms with Crippen LogP contribution in [0.15, 0.2) is 16.5 Å². The second-order valence-corrected chi connectivity index (χ2v) is 6.61. The molecule has 0 saturated carbocycles. The van der Waals surface area contributed by atoms with Gasteiger partial charge in [-0.25, -0.2) is 8.42 Å². The van der Waals surface area contributed by atoms with Crippen LogP contribution in [0.2, 0.25) is 0 Å². The molecule has 1 fully saturated rings. The molecule has 2 heterocycles. The Morgan fingerprint density at radius 2 is 2.18 bits per heavy atom. The van der Waals surface area contributed by atoms with E-state index in [1.807, 2.05) is 0 Å². The monoisotopic (exact) mass is 257 g/mol. The van der Waals surface area contributed by atoms with Gasteiger partial charge in [-0.2, -0.15) is 0 Å². The maximum absolute atomic E-state index is 12.0. The van der Waals surface area contributed by atoms with Crippen molar-refractivity contribution in [2.75, 3.05) is 18.6 Å². The molecule has 1 aliphatic rings. The molecule has 1 aromatic rings. The molecule has 1 saturated heterocycles. The number of sulfone groups is 1. The van der Waals surface area contributed by atoms with Gasteiger partial charge >= 0.3 is 0 Å². The van der Waals surface area contributed by atoms with Crippen molar-refractivity contribution in [2.45, 2.75) is 19.4 Å². The molecule has 0 aromatic carbocycles. The van der Waals surface area contributed by atoms with Crippen LogP contribution in [0.25, 0.3) is 0 Å². The Morgan fingerprint density at radius 3 is 2.65 bits per heavy atom. The van der Waals surface area contributed by atoms with E-state index in [2.05, 4.69) is 0 Å². The van der Waals surface area contributed by atoms with Crippen LogP contribution in [-0.2, 0) is 9.84 Å². The molecule has 0 unspecified atom stereocenters. The zero-order valence-corrected chi connectivity index (χ0v) is 10.7. The Labute approximate surface area is 100 Å². The summed E-state index contributed by atoms with van der Waals surface area (Å²) in [6.45, 7) is 1.76. The van der Waals surface area contributed by atoms with E-state index in [9.17, 15) is 13.2 Å². The third-order valence-corrected chi connectivity index (χ3v) is 4.78. The maximum Gasteiger partial charge on any atom is 0.289 e. The van der Waals surface area contributed by atoms with Crippen molar-refractivity contribution in [1.82, 2.24) is 4.90 Å². The zero-order chi connectivity index (χ0) is 12.6. The number of hydrogen-bond acceptors (Lipinski definition) is 4. The summed E-state index contributed by atoms with van der Waals surface area (Å²) < 4.78 is 27.9. The van der Waals surface area contributed by atoms with Crippen molar-refractivity contribution < 1.29 is 17.6 Å². The summed E-state index contributed by atoms with van der Waals surface area (Å²) in [5.41, 5.74) is 0. The van der Waals surface area contributed by atoms with Crippen molar-refractivity contribution >= 4 is 15.7 Å². The number of nitrogens with zero attached hydrogens (tertiary/aromatic N) is 1. The largest absolute Gasteiger partial charge is 0.456 e. The minimum atomic E-state index is -2.98. The van der Waals surface area contributed by atoms with Gasteiger partial charge in [-0.15, -0.1) is 0 Å². The summed E-state index contributed by atoms with van der Waals surface area (Å²) in [4.78, 5) is 13.5. The van der Waals surface area contributed by atoms with E-state index in [1.165, 1.54) is 4.90 Å². The third-order valence-electron chi connectivity index (χ3n) is 3.03. The molecule has 0 radical (unpaired) electrons. The van der Waals surface area contributed by atoms with Gasteiger partial charge in [-0.1, -0.05) is 0 Å². The highest BCUT2D eigenvalue weighted by atomic mass is 32.2. The van der Waals surface area contributed by atoms with Crippen LogP contribution in [0, 0.1) is 6.92 Å². The number of furan rings is 1. The summed E-state index contributed by atoms with van der Waals surface area (Å²) >= 11 is 0. The molecular formula is C11H15NO4S. The predicted octanol–water partition coefficient (Wildman–Crippen LogP) is 0.847. The maximum atomic E-state index is 12.0. The fraction of sp³-hybridized carbons (Fsp3) is 0.545. The highest BCUT2D eigenvalue weighted by molar-refractivity contribution is 7.91. The number of carbonyl (C=O) groups excluding carboxylic acids is 1. The second kappa shape index (κ2) is 4.18. The van der Waals surface area contributed by atoms with Gasteiger partial charge in [0, 0.05) is 13.1 Å². The normalized spacial score (nSPS) is 22.6. The lowest BCUT2D eigenvalue weighted by molar-refractivity contribution is 0.0714. The van der Waals surface area contributed by atoms with Crippen molar-refractivity contribution in [3.05, 3.63) is 23.7 Å². The molecule has 1 aromatic heterocycles. The number of rotatable bonds is 2. The fourth-order valence-corrected chi connectivity index (χ4v) is 3.74. The topological polar surface area (TPSA) is 67.6 Å². The Hall–Kier alpha value is -1.30. The van der Waals surface area contributed by atoms with Crippen LogP contribution < -0.4 is 0 Å². The van der Waals surface area contributed by atoms with Crippen LogP contribution >= 0.6 is 0 Å². The fourth-order valence-electron chi connectivity index (χ4n) is 1.97. The van der Waals surface area contributed by atoms with E-state index in [4.69, 9.17) is 4.42 Å². The summed E-state index contributed by atoms with van der Waals surface area (Å²) in [5.74, 6) is 0.872. The molecule has 0 spiro atoms. The first-order valence-corrected chi connectivity index (χ1v) is 7.25. The SMILES string of the molecule is Cc1ccc(C(=O)N(C)[C@@H]2CCS(=O)(=O)C2)o1. The predicted molar refractivity (Wildman–Crippen MR) is 62.6 cm³/mol. The first-order chi connectivity index (χ1) is 7.89. The Morgan fingerprint density at radius 1 is 1.47 bits per heavy atom.